The van der Waals surface area contributed by atoms with Crippen molar-refractivity contribution in [2.75, 3.05) is 12.0 Å². The van der Waals surface area contributed by atoms with E-state index in [0.717, 1.165) is 0 Å². The van der Waals surface area contributed by atoms with Crippen molar-refractivity contribution in [1.82, 2.24) is 10.6 Å². The van der Waals surface area contributed by atoms with Gasteiger partial charge in [-0.05, 0) is 30.8 Å². The van der Waals surface area contributed by atoms with Gasteiger partial charge in [-0.25, -0.2) is 4.79 Å². The lowest BCUT2D eigenvalue weighted by Gasteiger charge is -2.22. The lowest BCUT2D eigenvalue weighted by atomic mass is 10.0. The molecule has 0 radical (unpaired) electrons. The molecule has 3 amide bonds. The smallest absolute Gasteiger partial charge is 0.326 e. The normalized spacial score (nSPS) is 14.4. The van der Waals surface area contributed by atoms with E-state index in [-0.39, 0.29) is 12.3 Å². The molecule has 0 aliphatic heterocycles. The van der Waals surface area contributed by atoms with Crippen LogP contribution in [0.1, 0.15) is 33.1 Å². The van der Waals surface area contributed by atoms with Crippen LogP contribution in [-0.4, -0.2) is 58.9 Å². The van der Waals surface area contributed by atoms with Crippen LogP contribution in [0.4, 0.5) is 0 Å². The molecule has 0 unspecified atom stereocenters. The molecule has 3 atom stereocenters. The average molecular weight is 376 g/mol. The maximum absolute atomic E-state index is 12.3. The molecular formula is C15H28N4O5S. The monoisotopic (exact) mass is 376 g/mol. The zero-order valence-electron chi connectivity index (χ0n) is 14.8. The molecule has 0 bridgehead atoms. The van der Waals surface area contributed by atoms with Gasteiger partial charge in [0, 0.05) is 0 Å². The van der Waals surface area contributed by atoms with Crippen LogP contribution in [-0.2, 0) is 19.2 Å². The molecule has 0 fully saturated rings. The number of nitrogens with two attached hydrogens (primary N) is 2. The van der Waals surface area contributed by atoms with Crippen LogP contribution in [0.5, 0.6) is 0 Å². The molecule has 0 aromatic carbocycles. The molecule has 0 aromatic heterocycles. The number of thioether (sulfide) groups is 1. The lowest BCUT2D eigenvalue weighted by molar-refractivity contribution is -0.142. The van der Waals surface area contributed by atoms with Crippen molar-refractivity contribution < 1.29 is 24.3 Å². The molecule has 0 aromatic rings. The largest absolute Gasteiger partial charge is 0.480 e. The van der Waals surface area contributed by atoms with Gasteiger partial charge in [-0.15, -0.1) is 0 Å². The first-order chi connectivity index (χ1) is 11.6. The third-order valence-corrected chi connectivity index (χ3v) is 3.97. The van der Waals surface area contributed by atoms with Crippen LogP contribution in [0.15, 0.2) is 0 Å². The van der Waals surface area contributed by atoms with Gasteiger partial charge in [-0.3, -0.25) is 14.4 Å². The number of hydrogen-bond acceptors (Lipinski definition) is 6. The van der Waals surface area contributed by atoms with Crippen molar-refractivity contribution in [2.45, 2.75) is 51.2 Å². The minimum atomic E-state index is -1.26. The van der Waals surface area contributed by atoms with Crippen molar-refractivity contribution >= 4 is 35.5 Å². The molecule has 0 aliphatic rings. The fourth-order valence-corrected chi connectivity index (χ4v) is 2.54. The molecule has 0 spiro atoms. The lowest BCUT2D eigenvalue weighted by Crippen LogP contribution is -2.55. The summed E-state index contributed by atoms with van der Waals surface area (Å²) < 4.78 is 0. The van der Waals surface area contributed by atoms with E-state index in [9.17, 15) is 19.2 Å². The average Bonchev–Trinajstić information content (AvgIpc) is 2.48. The molecule has 25 heavy (non-hydrogen) atoms. The van der Waals surface area contributed by atoms with Gasteiger partial charge in [0.2, 0.25) is 17.7 Å². The second kappa shape index (κ2) is 11.7. The van der Waals surface area contributed by atoms with E-state index in [4.69, 9.17) is 16.6 Å². The summed E-state index contributed by atoms with van der Waals surface area (Å²) in [6.45, 7) is 3.79. The summed E-state index contributed by atoms with van der Waals surface area (Å²) in [7, 11) is 0. The van der Waals surface area contributed by atoms with E-state index in [1.807, 2.05) is 20.1 Å². The number of carbonyl (C=O) groups excluding carboxylic acids is 3. The Kier molecular flexibility index (Phi) is 10.8. The number of carbonyl (C=O) groups is 4. The minimum Gasteiger partial charge on any atom is -0.480 e. The Hall–Kier alpha value is -1.81. The van der Waals surface area contributed by atoms with Gasteiger partial charge in [-0.1, -0.05) is 13.8 Å². The van der Waals surface area contributed by atoms with E-state index < -0.39 is 48.2 Å². The molecule has 0 saturated heterocycles. The number of aliphatic carboxylic acids is 1. The second-order valence-electron chi connectivity index (χ2n) is 6.15. The van der Waals surface area contributed by atoms with Crippen LogP contribution in [0.3, 0.4) is 0 Å². The SMILES string of the molecule is CSCC[C@H](NC(=O)[C@H](CC(N)=O)NC(=O)[C@@H](N)CC(C)C)C(=O)O. The molecule has 10 heteroatoms. The predicted octanol–water partition coefficient (Wildman–Crippen LogP) is -0.957. The van der Waals surface area contributed by atoms with E-state index in [1.54, 1.807) is 0 Å². The molecule has 0 rings (SSSR count). The molecule has 7 N–H and O–H groups in total. The van der Waals surface area contributed by atoms with Gasteiger partial charge >= 0.3 is 5.97 Å². The van der Waals surface area contributed by atoms with Crippen LogP contribution in [0.25, 0.3) is 0 Å². The van der Waals surface area contributed by atoms with E-state index >= 15 is 0 Å². The molecule has 0 heterocycles. The third-order valence-electron chi connectivity index (χ3n) is 3.33. The topological polar surface area (TPSA) is 165 Å². The zero-order valence-corrected chi connectivity index (χ0v) is 15.6. The Morgan fingerprint density at radius 3 is 2.08 bits per heavy atom. The Bertz CT molecular complexity index is 487. The van der Waals surface area contributed by atoms with E-state index in [0.29, 0.717) is 12.2 Å². The number of amides is 3. The summed E-state index contributed by atoms with van der Waals surface area (Å²) in [5.74, 6) is -2.66. The fourth-order valence-electron chi connectivity index (χ4n) is 2.07. The van der Waals surface area contributed by atoms with Crippen molar-refractivity contribution in [3.05, 3.63) is 0 Å². The van der Waals surface area contributed by atoms with Gasteiger partial charge in [-0.2, -0.15) is 11.8 Å². The number of nitrogens with one attached hydrogen (secondary N) is 2. The van der Waals surface area contributed by atoms with Gasteiger partial charge in [0.25, 0.3) is 0 Å². The summed E-state index contributed by atoms with van der Waals surface area (Å²) in [5, 5.41) is 13.9. The van der Waals surface area contributed by atoms with Crippen LogP contribution < -0.4 is 22.1 Å². The Balaban J connectivity index is 4.99. The van der Waals surface area contributed by atoms with E-state index in [2.05, 4.69) is 10.6 Å². The first-order valence-corrected chi connectivity index (χ1v) is 9.34. The number of carboxylic acid groups (broad SMARTS) is 1. The van der Waals surface area contributed by atoms with E-state index in [1.165, 1.54) is 11.8 Å². The molecular weight excluding hydrogens is 348 g/mol. The summed E-state index contributed by atoms with van der Waals surface area (Å²) in [4.78, 5) is 46.8. The van der Waals surface area contributed by atoms with Crippen LogP contribution in [0.2, 0.25) is 0 Å². The summed E-state index contributed by atoms with van der Waals surface area (Å²) in [5.41, 5.74) is 10.9. The van der Waals surface area contributed by atoms with Gasteiger partial charge in [0.15, 0.2) is 0 Å². The quantitative estimate of drug-likeness (QED) is 0.293. The second-order valence-corrected chi connectivity index (χ2v) is 7.13. The Morgan fingerprint density at radius 1 is 1.08 bits per heavy atom. The number of rotatable bonds is 12. The number of primary amides is 1. The summed E-state index contributed by atoms with van der Waals surface area (Å²) in [6, 6.07) is -3.22. The van der Waals surface area contributed by atoms with Crippen molar-refractivity contribution in [3.63, 3.8) is 0 Å². The van der Waals surface area contributed by atoms with Crippen LogP contribution in [0, 0.1) is 5.92 Å². The van der Waals surface area contributed by atoms with Gasteiger partial charge in [0.1, 0.15) is 12.1 Å². The predicted molar refractivity (Wildman–Crippen MR) is 95.7 cm³/mol. The van der Waals surface area contributed by atoms with Crippen molar-refractivity contribution in [1.29, 1.82) is 0 Å². The van der Waals surface area contributed by atoms with Gasteiger partial charge in [0.05, 0.1) is 12.5 Å². The van der Waals surface area contributed by atoms with Crippen molar-refractivity contribution in [3.8, 4) is 0 Å². The highest BCUT2D eigenvalue weighted by Crippen LogP contribution is 2.05. The van der Waals surface area contributed by atoms with Crippen LogP contribution >= 0.6 is 11.8 Å². The highest BCUT2D eigenvalue weighted by molar-refractivity contribution is 7.98. The van der Waals surface area contributed by atoms with Crippen molar-refractivity contribution in [2.24, 2.45) is 17.4 Å². The molecule has 0 saturated carbocycles. The first-order valence-electron chi connectivity index (χ1n) is 7.94. The molecule has 9 nitrogen and oxygen atoms in total. The highest BCUT2D eigenvalue weighted by atomic mass is 32.2. The third kappa shape index (κ3) is 9.92. The number of hydrogen-bond donors (Lipinski definition) is 5. The number of carboxylic acids is 1. The first kappa shape index (κ1) is 23.2. The maximum atomic E-state index is 12.3. The fraction of sp³-hybridized carbons (Fsp3) is 0.733. The Labute approximate surface area is 151 Å². The maximum Gasteiger partial charge on any atom is 0.326 e. The summed E-state index contributed by atoms with van der Waals surface area (Å²) in [6.07, 6.45) is 1.99. The molecule has 144 valence electrons. The molecule has 0 aliphatic carbocycles. The minimum absolute atomic E-state index is 0.173. The highest BCUT2D eigenvalue weighted by Gasteiger charge is 2.29. The summed E-state index contributed by atoms with van der Waals surface area (Å²) >= 11 is 1.44. The van der Waals surface area contributed by atoms with Gasteiger partial charge < -0.3 is 27.2 Å². The zero-order chi connectivity index (χ0) is 19.6. The Morgan fingerprint density at radius 2 is 1.64 bits per heavy atom. The standard InChI is InChI=1S/C15H28N4O5S/c1-8(2)6-9(16)13(21)19-11(7-12(17)20)14(22)18-10(15(23)24)4-5-25-3/h8-11H,4-7,16H2,1-3H3,(H2,17,20)(H,18,22)(H,19,21)(H,23,24)/t9-,10-,11-/m0/s1.